The van der Waals surface area contributed by atoms with Crippen LogP contribution in [0.1, 0.15) is 26.2 Å². The molecule has 2 nitrogen and oxygen atoms in total. The fraction of sp³-hybridized carbons (Fsp3) is 1.00. The predicted molar refractivity (Wildman–Crippen MR) is 35.2 cm³/mol. The maximum Gasteiger partial charge on any atom is 0.157 e. The molecule has 54 valence electrons. The first kappa shape index (κ1) is 7.03. The fourth-order valence-corrected chi connectivity index (χ4v) is 1.14. The molecule has 0 radical (unpaired) electrons. The minimum Gasteiger partial charge on any atom is -0.356 e. The Balaban J connectivity index is 2.23. The van der Waals surface area contributed by atoms with E-state index in [2.05, 4.69) is 6.92 Å². The van der Waals surface area contributed by atoms with Crippen molar-refractivity contribution < 1.29 is 9.47 Å². The van der Waals surface area contributed by atoms with Gasteiger partial charge in [-0.2, -0.15) is 0 Å². The quantitative estimate of drug-likeness (QED) is 0.536. The third-order valence-electron chi connectivity index (χ3n) is 1.70. The van der Waals surface area contributed by atoms with Gasteiger partial charge in [0.15, 0.2) is 6.29 Å². The van der Waals surface area contributed by atoms with Crippen molar-refractivity contribution in [1.82, 2.24) is 0 Å². The Morgan fingerprint density at radius 2 is 2.22 bits per heavy atom. The summed E-state index contributed by atoms with van der Waals surface area (Å²) in [6.45, 7) is 2.09. The zero-order chi connectivity index (χ0) is 6.69. The van der Waals surface area contributed by atoms with Crippen LogP contribution in [0.4, 0.5) is 0 Å². The number of hydrogen-bond acceptors (Lipinski definition) is 2. The molecule has 0 N–H and O–H groups in total. The van der Waals surface area contributed by atoms with Gasteiger partial charge >= 0.3 is 0 Å². The second kappa shape index (κ2) is 3.18. The van der Waals surface area contributed by atoms with E-state index in [0.29, 0.717) is 6.10 Å². The molecule has 0 aliphatic carbocycles. The van der Waals surface area contributed by atoms with Crippen LogP contribution in [0.5, 0.6) is 0 Å². The van der Waals surface area contributed by atoms with Gasteiger partial charge in [-0.15, -0.1) is 0 Å². The number of ether oxygens (including phenoxy) is 2. The highest BCUT2D eigenvalue weighted by molar-refractivity contribution is 4.60. The molecule has 0 bridgehead atoms. The Morgan fingerprint density at radius 1 is 1.44 bits per heavy atom. The largest absolute Gasteiger partial charge is 0.356 e. The maximum absolute atomic E-state index is 5.41. The highest BCUT2D eigenvalue weighted by Gasteiger charge is 2.17. The summed E-state index contributed by atoms with van der Waals surface area (Å²) >= 11 is 0. The van der Waals surface area contributed by atoms with Crippen LogP contribution < -0.4 is 0 Å². The van der Waals surface area contributed by atoms with E-state index in [0.717, 1.165) is 6.42 Å². The fourth-order valence-electron chi connectivity index (χ4n) is 1.14. The van der Waals surface area contributed by atoms with E-state index in [1.54, 1.807) is 7.11 Å². The lowest BCUT2D eigenvalue weighted by Crippen LogP contribution is -2.26. The van der Waals surface area contributed by atoms with Crippen LogP contribution in [0.3, 0.4) is 0 Å². The first-order valence-corrected chi connectivity index (χ1v) is 3.51. The normalized spacial score (nSPS) is 36.7. The molecule has 0 aromatic rings. The molecule has 0 amide bonds. The van der Waals surface area contributed by atoms with Crippen molar-refractivity contribution in [1.29, 1.82) is 0 Å². The molecule has 2 atom stereocenters. The number of methoxy groups -OCH3 is 1. The zero-order valence-electron chi connectivity index (χ0n) is 6.09. The molecule has 9 heavy (non-hydrogen) atoms. The summed E-state index contributed by atoms with van der Waals surface area (Å²) in [6.07, 6.45) is 3.93. The summed E-state index contributed by atoms with van der Waals surface area (Å²) in [4.78, 5) is 0. The van der Waals surface area contributed by atoms with Crippen molar-refractivity contribution in [2.75, 3.05) is 7.11 Å². The number of hydrogen-bond donors (Lipinski definition) is 0. The van der Waals surface area contributed by atoms with Gasteiger partial charge in [0.05, 0.1) is 6.10 Å². The van der Waals surface area contributed by atoms with Crippen molar-refractivity contribution in [2.45, 2.75) is 38.6 Å². The zero-order valence-corrected chi connectivity index (χ0v) is 6.09. The first-order valence-electron chi connectivity index (χ1n) is 3.51. The van der Waals surface area contributed by atoms with Crippen molar-refractivity contribution >= 4 is 0 Å². The maximum atomic E-state index is 5.41. The van der Waals surface area contributed by atoms with Gasteiger partial charge in [0.2, 0.25) is 0 Å². The van der Waals surface area contributed by atoms with Gasteiger partial charge in [-0.25, -0.2) is 0 Å². The van der Waals surface area contributed by atoms with Crippen LogP contribution in [0.25, 0.3) is 0 Å². The second-order valence-electron chi connectivity index (χ2n) is 2.54. The van der Waals surface area contributed by atoms with E-state index in [1.165, 1.54) is 12.8 Å². The molecule has 1 saturated heterocycles. The Kier molecular flexibility index (Phi) is 2.49. The van der Waals surface area contributed by atoms with Gasteiger partial charge in [0.25, 0.3) is 0 Å². The Labute approximate surface area is 56.2 Å². The monoisotopic (exact) mass is 130 g/mol. The van der Waals surface area contributed by atoms with E-state index in [4.69, 9.17) is 9.47 Å². The van der Waals surface area contributed by atoms with Gasteiger partial charge in [-0.1, -0.05) is 0 Å². The molecule has 0 saturated carbocycles. The summed E-state index contributed by atoms with van der Waals surface area (Å²) in [5.41, 5.74) is 0. The van der Waals surface area contributed by atoms with Crippen LogP contribution in [-0.4, -0.2) is 19.5 Å². The SMILES string of the molecule is COC1CCC[C@H](C)O1. The summed E-state index contributed by atoms with van der Waals surface area (Å²) in [7, 11) is 1.70. The number of rotatable bonds is 1. The van der Waals surface area contributed by atoms with Crippen molar-refractivity contribution in [2.24, 2.45) is 0 Å². The molecule has 1 fully saturated rings. The first-order chi connectivity index (χ1) is 4.33. The minimum absolute atomic E-state index is 0.0637. The standard InChI is InChI=1S/C7H14O2/c1-6-4-3-5-7(8-2)9-6/h6-7H,3-5H2,1-2H3/t6-,7?/m0/s1. The van der Waals surface area contributed by atoms with Crippen molar-refractivity contribution in [3.8, 4) is 0 Å². The average Bonchev–Trinajstić information content (AvgIpc) is 1.88. The van der Waals surface area contributed by atoms with E-state index >= 15 is 0 Å². The van der Waals surface area contributed by atoms with Gasteiger partial charge < -0.3 is 9.47 Å². The van der Waals surface area contributed by atoms with E-state index in [-0.39, 0.29) is 6.29 Å². The predicted octanol–water partition coefficient (Wildman–Crippen LogP) is 1.55. The molecule has 1 heterocycles. The van der Waals surface area contributed by atoms with Gasteiger partial charge in [0, 0.05) is 7.11 Å². The summed E-state index contributed by atoms with van der Waals surface area (Å²) in [5, 5.41) is 0. The molecule has 1 rings (SSSR count). The lowest BCUT2D eigenvalue weighted by molar-refractivity contribution is -0.174. The van der Waals surface area contributed by atoms with E-state index in [1.807, 2.05) is 0 Å². The van der Waals surface area contributed by atoms with Gasteiger partial charge in [-0.3, -0.25) is 0 Å². The molecule has 1 aliphatic rings. The minimum atomic E-state index is 0.0637. The summed E-state index contributed by atoms with van der Waals surface area (Å²) in [5.74, 6) is 0. The van der Waals surface area contributed by atoms with Crippen LogP contribution >= 0.6 is 0 Å². The van der Waals surface area contributed by atoms with Crippen molar-refractivity contribution in [3.63, 3.8) is 0 Å². The lowest BCUT2D eigenvalue weighted by atomic mass is 10.1. The molecule has 1 aliphatic heterocycles. The Bertz CT molecular complexity index is 83.0. The molecule has 0 spiro atoms. The third-order valence-corrected chi connectivity index (χ3v) is 1.70. The molecule has 0 aromatic heterocycles. The summed E-state index contributed by atoms with van der Waals surface area (Å²) < 4.78 is 10.5. The summed E-state index contributed by atoms with van der Waals surface area (Å²) in [6, 6.07) is 0. The van der Waals surface area contributed by atoms with Gasteiger partial charge in [-0.05, 0) is 26.2 Å². The van der Waals surface area contributed by atoms with Crippen LogP contribution in [0.2, 0.25) is 0 Å². The smallest absolute Gasteiger partial charge is 0.157 e. The molecular weight excluding hydrogens is 116 g/mol. The van der Waals surface area contributed by atoms with E-state index in [9.17, 15) is 0 Å². The molecule has 0 aromatic carbocycles. The molecule has 2 heteroatoms. The Hall–Kier alpha value is -0.0800. The average molecular weight is 130 g/mol. The highest BCUT2D eigenvalue weighted by Crippen LogP contribution is 2.18. The second-order valence-corrected chi connectivity index (χ2v) is 2.54. The Morgan fingerprint density at radius 3 is 2.67 bits per heavy atom. The van der Waals surface area contributed by atoms with Gasteiger partial charge in [0.1, 0.15) is 0 Å². The third kappa shape index (κ3) is 1.95. The van der Waals surface area contributed by atoms with Crippen LogP contribution in [0, 0.1) is 0 Å². The van der Waals surface area contributed by atoms with E-state index < -0.39 is 0 Å². The molecule has 1 unspecified atom stereocenters. The van der Waals surface area contributed by atoms with Crippen LogP contribution in [0.15, 0.2) is 0 Å². The highest BCUT2D eigenvalue weighted by atomic mass is 16.7. The lowest BCUT2D eigenvalue weighted by Gasteiger charge is -2.26. The molecular formula is C7H14O2. The van der Waals surface area contributed by atoms with Crippen molar-refractivity contribution in [3.05, 3.63) is 0 Å². The topological polar surface area (TPSA) is 18.5 Å². The van der Waals surface area contributed by atoms with Crippen LogP contribution in [-0.2, 0) is 9.47 Å².